The molecule has 5 N–H and O–H groups in total. The number of phenols is 1. The van der Waals surface area contributed by atoms with Gasteiger partial charge >= 0.3 is 0 Å². The first-order chi connectivity index (χ1) is 14.0. The van der Waals surface area contributed by atoms with Crippen LogP contribution in [0.2, 0.25) is 0 Å². The summed E-state index contributed by atoms with van der Waals surface area (Å²) in [4.78, 5) is 4.25. The van der Waals surface area contributed by atoms with Crippen LogP contribution in [0.1, 0.15) is 28.2 Å². The van der Waals surface area contributed by atoms with Gasteiger partial charge in [-0.1, -0.05) is 18.2 Å². The van der Waals surface area contributed by atoms with Gasteiger partial charge < -0.3 is 30.8 Å². The highest BCUT2D eigenvalue weighted by Gasteiger charge is 2.36. The maximum atomic E-state index is 9.93. The number of nitriles is 1. The van der Waals surface area contributed by atoms with Crippen molar-refractivity contribution >= 4 is 11.5 Å². The summed E-state index contributed by atoms with van der Waals surface area (Å²) < 4.78 is 17.0. The second kappa shape index (κ2) is 6.80. The first-order valence-corrected chi connectivity index (χ1v) is 8.70. The Morgan fingerprint density at radius 2 is 1.93 bits per heavy atom. The van der Waals surface area contributed by atoms with Crippen LogP contribution in [0.25, 0.3) is 0 Å². The average molecular weight is 390 g/mol. The van der Waals surface area contributed by atoms with Crippen LogP contribution in [0.15, 0.2) is 36.4 Å². The SMILES string of the molecule is COc1cccc([C@@H]2c3ccc(O)cc3Oc3nc(N)c(C#N)c(N)c32)c1OC. The Morgan fingerprint density at radius 3 is 2.62 bits per heavy atom. The van der Waals surface area contributed by atoms with E-state index in [0.717, 1.165) is 11.1 Å². The Hall–Kier alpha value is -4.12. The van der Waals surface area contributed by atoms with E-state index in [1.165, 1.54) is 6.07 Å². The summed E-state index contributed by atoms with van der Waals surface area (Å²) in [6, 6.07) is 12.3. The lowest BCUT2D eigenvalue weighted by Gasteiger charge is -2.30. The van der Waals surface area contributed by atoms with E-state index >= 15 is 0 Å². The summed E-state index contributed by atoms with van der Waals surface area (Å²) in [5, 5.41) is 19.4. The van der Waals surface area contributed by atoms with E-state index in [4.69, 9.17) is 25.7 Å². The predicted molar refractivity (Wildman–Crippen MR) is 106 cm³/mol. The van der Waals surface area contributed by atoms with E-state index in [0.29, 0.717) is 22.8 Å². The van der Waals surface area contributed by atoms with Crippen LogP contribution in [0.3, 0.4) is 0 Å². The summed E-state index contributed by atoms with van der Waals surface area (Å²) in [5.74, 6) is 1.17. The minimum atomic E-state index is -0.486. The van der Waals surface area contributed by atoms with Crippen molar-refractivity contribution in [1.82, 2.24) is 4.98 Å². The number of aromatic nitrogens is 1. The lowest BCUT2D eigenvalue weighted by molar-refractivity contribution is 0.350. The van der Waals surface area contributed by atoms with Crippen LogP contribution in [-0.2, 0) is 0 Å². The predicted octanol–water partition coefficient (Wildman–Crippen LogP) is 3.13. The van der Waals surface area contributed by atoms with Crippen LogP contribution >= 0.6 is 0 Å². The van der Waals surface area contributed by atoms with Gasteiger partial charge in [0.1, 0.15) is 28.9 Å². The first-order valence-electron chi connectivity index (χ1n) is 8.70. The fourth-order valence-corrected chi connectivity index (χ4v) is 3.66. The molecule has 0 radical (unpaired) electrons. The van der Waals surface area contributed by atoms with Crippen molar-refractivity contribution < 1.29 is 19.3 Å². The third-order valence-electron chi connectivity index (χ3n) is 4.93. The Bertz CT molecular complexity index is 1170. The third kappa shape index (κ3) is 2.72. The van der Waals surface area contributed by atoms with Crippen molar-refractivity contribution in [3.63, 3.8) is 0 Å². The number of aromatic hydroxyl groups is 1. The van der Waals surface area contributed by atoms with Gasteiger partial charge in [-0.2, -0.15) is 10.2 Å². The molecular formula is C21H18N4O4. The quantitative estimate of drug-likeness (QED) is 0.485. The molecule has 0 bridgehead atoms. The molecule has 1 aromatic heterocycles. The molecule has 1 atom stereocenters. The van der Waals surface area contributed by atoms with Crippen molar-refractivity contribution in [3.8, 4) is 34.9 Å². The van der Waals surface area contributed by atoms with Gasteiger partial charge in [-0.05, 0) is 12.1 Å². The standard InChI is InChI=1S/C21H18N4O4/c1-27-14-5-3-4-12(19(14)28-2)16-11-7-6-10(26)8-15(11)29-21-17(16)18(23)13(9-22)20(24)25-21/h3-8,16,26H,1-2H3,(H4,23,24,25)/t16-/m0/s1. The number of para-hydroxylation sites is 1. The zero-order chi connectivity index (χ0) is 20.7. The van der Waals surface area contributed by atoms with Crippen molar-refractivity contribution in [2.24, 2.45) is 0 Å². The van der Waals surface area contributed by atoms with Gasteiger partial charge in [0.2, 0.25) is 5.88 Å². The van der Waals surface area contributed by atoms with Crippen LogP contribution in [-0.4, -0.2) is 24.3 Å². The Labute approximate surface area is 166 Å². The van der Waals surface area contributed by atoms with Crippen LogP contribution in [0, 0.1) is 11.3 Å². The first kappa shape index (κ1) is 18.3. The van der Waals surface area contributed by atoms with Crippen LogP contribution in [0.4, 0.5) is 11.5 Å². The molecular weight excluding hydrogens is 372 g/mol. The minimum absolute atomic E-state index is 0.0243. The molecule has 1 aliphatic heterocycles. The number of rotatable bonds is 3. The number of anilines is 2. The Balaban J connectivity index is 2.09. The van der Waals surface area contributed by atoms with E-state index in [1.54, 1.807) is 32.4 Å². The van der Waals surface area contributed by atoms with Gasteiger partial charge in [0.15, 0.2) is 11.5 Å². The maximum absolute atomic E-state index is 9.93. The van der Waals surface area contributed by atoms with Crippen molar-refractivity contribution in [2.45, 2.75) is 5.92 Å². The summed E-state index contributed by atoms with van der Waals surface area (Å²) in [6.07, 6.45) is 0. The van der Waals surface area contributed by atoms with Gasteiger partial charge in [-0.25, -0.2) is 0 Å². The highest BCUT2D eigenvalue weighted by Crippen LogP contribution is 2.53. The zero-order valence-corrected chi connectivity index (χ0v) is 15.8. The molecule has 2 aromatic carbocycles. The minimum Gasteiger partial charge on any atom is -0.508 e. The molecule has 3 aromatic rings. The number of fused-ring (bicyclic) bond motifs is 2. The van der Waals surface area contributed by atoms with E-state index in [2.05, 4.69) is 4.98 Å². The van der Waals surface area contributed by atoms with Gasteiger partial charge in [-0.3, -0.25) is 0 Å². The molecule has 0 fully saturated rings. The van der Waals surface area contributed by atoms with Gasteiger partial charge in [0.25, 0.3) is 0 Å². The van der Waals surface area contributed by atoms with Gasteiger partial charge in [-0.15, -0.1) is 0 Å². The van der Waals surface area contributed by atoms with E-state index in [-0.39, 0.29) is 28.7 Å². The second-order valence-corrected chi connectivity index (χ2v) is 6.46. The molecule has 0 saturated carbocycles. The fraction of sp³-hybridized carbons (Fsp3) is 0.143. The number of hydrogen-bond acceptors (Lipinski definition) is 8. The number of benzene rings is 2. The Kier molecular flexibility index (Phi) is 4.28. The lowest BCUT2D eigenvalue weighted by Crippen LogP contribution is -2.18. The smallest absolute Gasteiger partial charge is 0.227 e. The molecule has 0 amide bonds. The van der Waals surface area contributed by atoms with Gasteiger partial charge in [0, 0.05) is 23.1 Å². The highest BCUT2D eigenvalue weighted by atomic mass is 16.5. The van der Waals surface area contributed by atoms with Crippen molar-refractivity contribution in [3.05, 3.63) is 58.7 Å². The summed E-state index contributed by atoms with van der Waals surface area (Å²) in [6.45, 7) is 0. The number of nitrogens with zero attached hydrogens (tertiary/aromatic N) is 2. The topological polar surface area (TPSA) is 137 Å². The summed E-state index contributed by atoms with van der Waals surface area (Å²) in [5.41, 5.74) is 14.5. The highest BCUT2D eigenvalue weighted by molar-refractivity contribution is 5.76. The second-order valence-electron chi connectivity index (χ2n) is 6.46. The van der Waals surface area contributed by atoms with E-state index in [1.807, 2.05) is 18.2 Å². The normalized spacial score (nSPS) is 14.2. The number of hydrogen-bond donors (Lipinski definition) is 3. The summed E-state index contributed by atoms with van der Waals surface area (Å²) in [7, 11) is 3.10. The maximum Gasteiger partial charge on any atom is 0.227 e. The summed E-state index contributed by atoms with van der Waals surface area (Å²) >= 11 is 0. The van der Waals surface area contributed by atoms with Crippen molar-refractivity contribution in [2.75, 3.05) is 25.7 Å². The number of phenolic OH excluding ortho intramolecular Hbond substituents is 1. The molecule has 1 aliphatic rings. The number of nitrogens with two attached hydrogens (primary N) is 2. The largest absolute Gasteiger partial charge is 0.508 e. The zero-order valence-electron chi connectivity index (χ0n) is 15.8. The van der Waals surface area contributed by atoms with Crippen molar-refractivity contribution in [1.29, 1.82) is 5.26 Å². The molecule has 8 heteroatoms. The molecule has 8 nitrogen and oxygen atoms in total. The van der Waals surface area contributed by atoms with Crippen LogP contribution in [0.5, 0.6) is 28.9 Å². The van der Waals surface area contributed by atoms with E-state index < -0.39 is 5.92 Å². The number of pyridine rings is 1. The number of nitrogen functional groups attached to an aromatic ring is 2. The third-order valence-corrected chi connectivity index (χ3v) is 4.93. The molecule has 2 heterocycles. The van der Waals surface area contributed by atoms with E-state index in [9.17, 15) is 10.4 Å². The molecule has 4 rings (SSSR count). The fourth-order valence-electron chi connectivity index (χ4n) is 3.66. The average Bonchev–Trinajstić information content (AvgIpc) is 2.71. The molecule has 0 saturated heterocycles. The molecule has 0 spiro atoms. The Morgan fingerprint density at radius 1 is 1.14 bits per heavy atom. The monoisotopic (exact) mass is 390 g/mol. The van der Waals surface area contributed by atoms with Crippen LogP contribution < -0.4 is 25.7 Å². The molecule has 29 heavy (non-hydrogen) atoms. The number of methoxy groups -OCH3 is 2. The van der Waals surface area contributed by atoms with Gasteiger partial charge in [0.05, 0.1) is 25.5 Å². The lowest BCUT2D eigenvalue weighted by atomic mass is 9.81. The molecule has 0 aliphatic carbocycles. The number of ether oxygens (including phenoxy) is 3. The molecule has 146 valence electrons. The molecule has 0 unspecified atom stereocenters.